The van der Waals surface area contributed by atoms with Gasteiger partial charge in [0.15, 0.2) is 9.84 Å². The molecule has 1 N–H and O–H groups in total. The molecule has 0 spiro atoms. The lowest BCUT2D eigenvalue weighted by molar-refractivity contribution is -0.141. The number of aliphatic carboxylic acids is 1. The van der Waals surface area contributed by atoms with Crippen molar-refractivity contribution in [2.75, 3.05) is 6.26 Å². The Hall–Kier alpha value is -1.89. The smallest absolute Gasteiger partial charge is 0.326 e. The summed E-state index contributed by atoms with van der Waals surface area (Å²) in [4.78, 5) is 26.2. The lowest BCUT2D eigenvalue weighted by Crippen LogP contribution is -2.46. The highest BCUT2D eigenvalue weighted by Gasteiger charge is 2.47. The second-order valence-electron chi connectivity index (χ2n) is 7.18. The maximum absolute atomic E-state index is 13.0. The molecule has 7 heteroatoms. The van der Waals surface area contributed by atoms with Crippen molar-refractivity contribution in [3.05, 3.63) is 35.4 Å². The van der Waals surface area contributed by atoms with Crippen LogP contribution in [0.2, 0.25) is 0 Å². The molecule has 1 saturated carbocycles. The van der Waals surface area contributed by atoms with Gasteiger partial charge in [-0.2, -0.15) is 0 Å². The van der Waals surface area contributed by atoms with Crippen molar-refractivity contribution >= 4 is 21.7 Å². The maximum Gasteiger partial charge on any atom is 0.326 e. The number of rotatable bonds is 4. The zero-order valence-electron chi connectivity index (χ0n) is 14.2. The van der Waals surface area contributed by atoms with E-state index >= 15 is 0 Å². The largest absolute Gasteiger partial charge is 0.480 e. The van der Waals surface area contributed by atoms with Crippen molar-refractivity contribution in [1.29, 1.82) is 0 Å². The van der Waals surface area contributed by atoms with Gasteiger partial charge >= 0.3 is 5.97 Å². The molecule has 136 valence electrons. The van der Waals surface area contributed by atoms with Crippen LogP contribution < -0.4 is 0 Å². The first-order valence-electron chi connectivity index (χ1n) is 8.58. The van der Waals surface area contributed by atoms with Gasteiger partial charge in [0.05, 0.1) is 5.75 Å². The van der Waals surface area contributed by atoms with E-state index in [1.54, 1.807) is 29.2 Å². The predicted molar refractivity (Wildman–Crippen MR) is 92.9 cm³/mol. The maximum atomic E-state index is 13.0. The minimum Gasteiger partial charge on any atom is -0.480 e. The summed E-state index contributed by atoms with van der Waals surface area (Å²) >= 11 is 0. The number of carbonyl (C=O) groups is 2. The molecule has 0 bridgehead atoms. The van der Waals surface area contributed by atoms with E-state index < -0.39 is 21.8 Å². The molecule has 1 aromatic rings. The SMILES string of the molecule is CS(=O)(=O)Cc1ccc(C(=O)N2[C@H](C(=O)O)C[C@@H]3CCCC[C@@H]32)cc1. The minimum absolute atomic E-state index is 0.00181. The standard InChI is InChI=1S/C18H23NO5S/c1-25(23,24)11-12-6-8-13(9-7-12)17(20)19-15-5-3-2-4-14(15)10-16(19)18(21)22/h6-9,14-16H,2-5,10-11H2,1H3,(H,21,22)/t14-,15-,16-/m0/s1. The third kappa shape index (κ3) is 3.86. The normalized spacial score (nSPS) is 26.3. The van der Waals surface area contributed by atoms with E-state index in [0.717, 1.165) is 31.9 Å². The fourth-order valence-electron chi connectivity index (χ4n) is 4.17. The van der Waals surface area contributed by atoms with Crippen molar-refractivity contribution < 1.29 is 23.1 Å². The molecule has 1 aliphatic heterocycles. The number of nitrogens with zero attached hydrogens (tertiary/aromatic N) is 1. The number of carboxylic acid groups (broad SMARTS) is 1. The first kappa shape index (κ1) is 17.9. The zero-order chi connectivity index (χ0) is 18.2. The van der Waals surface area contributed by atoms with Gasteiger partial charge in [0, 0.05) is 17.9 Å². The van der Waals surface area contributed by atoms with Crippen LogP contribution in [0.5, 0.6) is 0 Å². The molecule has 1 heterocycles. The topological polar surface area (TPSA) is 91.8 Å². The van der Waals surface area contributed by atoms with Crippen molar-refractivity contribution in [1.82, 2.24) is 4.90 Å². The lowest BCUT2D eigenvalue weighted by Gasteiger charge is -2.33. The lowest BCUT2D eigenvalue weighted by atomic mass is 9.84. The molecule has 0 radical (unpaired) electrons. The quantitative estimate of drug-likeness (QED) is 0.882. The van der Waals surface area contributed by atoms with Crippen molar-refractivity contribution in [2.45, 2.75) is 49.9 Å². The molecule has 2 fully saturated rings. The van der Waals surface area contributed by atoms with Gasteiger partial charge in [-0.1, -0.05) is 25.0 Å². The Morgan fingerprint density at radius 2 is 1.80 bits per heavy atom. The Bertz CT molecular complexity index is 771. The first-order valence-corrected chi connectivity index (χ1v) is 10.6. The average molecular weight is 365 g/mol. The summed E-state index contributed by atoms with van der Waals surface area (Å²) in [5.74, 6) is -1.03. The number of hydrogen-bond donors (Lipinski definition) is 1. The second-order valence-corrected chi connectivity index (χ2v) is 9.32. The van der Waals surface area contributed by atoms with Crippen LogP contribution in [0.3, 0.4) is 0 Å². The molecular formula is C18H23NO5S. The van der Waals surface area contributed by atoms with Crippen LogP contribution in [-0.2, 0) is 20.4 Å². The fraction of sp³-hybridized carbons (Fsp3) is 0.556. The highest BCUT2D eigenvalue weighted by atomic mass is 32.2. The number of likely N-dealkylation sites (tertiary alicyclic amines) is 1. The molecule has 0 unspecified atom stereocenters. The number of hydrogen-bond acceptors (Lipinski definition) is 4. The van der Waals surface area contributed by atoms with Gasteiger partial charge in [0.1, 0.15) is 6.04 Å². The molecule has 1 aromatic carbocycles. The van der Waals surface area contributed by atoms with Crippen LogP contribution in [0.4, 0.5) is 0 Å². The second kappa shape index (κ2) is 6.78. The van der Waals surface area contributed by atoms with Gasteiger partial charge in [0.2, 0.25) is 0 Å². The summed E-state index contributed by atoms with van der Waals surface area (Å²) in [7, 11) is -3.13. The predicted octanol–water partition coefficient (Wildman–Crippen LogP) is 2.09. The Morgan fingerprint density at radius 3 is 2.40 bits per heavy atom. The molecule has 0 aromatic heterocycles. The summed E-state index contributed by atoms with van der Waals surface area (Å²) in [5, 5.41) is 9.54. The molecule has 1 amide bonds. The van der Waals surface area contributed by atoms with Gasteiger partial charge in [0.25, 0.3) is 5.91 Å². The molecule has 1 saturated heterocycles. The molecule has 3 rings (SSSR count). The minimum atomic E-state index is -3.13. The van der Waals surface area contributed by atoms with Gasteiger partial charge in [-0.15, -0.1) is 0 Å². The average Bonchev–Trinajstić information content (AvgIpc) is 2.93. The summed E-state index contributed by atoms with van der Waals surface area (Å²) < 4.78 is 22.7. The van der Waals surface area contributed by atoms with Crippen LogP contribution in [0.1, 0.15) is 48.0 Å². The van der Waals surface area contributed by atoms with Crippen LogP contribution in [-0.4, -0.2) is 48.6 Å². The highest BCUT2D eigenvalue weighted by molar-refractivity contribution is 7.89. The van der Waals surface area contributed by atoms with Crippen LogP contribution in [0.25, 0.3) is 0 Å². The van der Waals surface area contributed by atoms with Crippen LogP contribution >= 0.6 is 0 Å². The van der Waals surface area contributed by atoms with E-state index in [2.05, 4.69) is 0 Å². The van der Waals surface area contributed by atoms with Gasteiger partial charge in [-0.05, 0) is 42.9 Å². The third-order valence-corrected chi connectivity index (χ3v) is 6.10. The molecule has 1 aliphatic carbocycles. The van der Waals surface area contributed by atoms with E-state index in [1.165, 1.54) is 0 Å². The number of amides is 1. The van der Waals surface area contributed by atoms with E-state index in [9.17, 15) is 23.1 Å². The van der Waals surface area contributed by atoms with Crippen molar-refractivity contribution in [2.24, 2.45) is 5.92 Å². The number of benzene rings is 1. The summed E-state index contributed by atoms with van der Waals surface area (Å²) in [6.07, 6.45) is 5.63. The summed E-state index contributed by atoms with van der Waals surface area (Å²) in [6, 6.07) is 5.67. The highest BCUT2D eigenvalue weighted by Crippen LogP contribution is 2.40. The molecule has 6 nitrogen and oxygen atoms in total. The molecular weight excluding hydrogens is 342 g/mol. The number of sulfone groups is 1. The summed E-state index contributed by atoms with van der Waals surface area (Å²) in [6.45, 7) is 0. The van der Waals surface area contributed by atoms with Crippen molar-refractivity contribution in [3.8, 4) is 0 Å². The zero-order valence-corrected chi connectivity index (χ0v) is 15.0. The first-order chi connectivity index (χ1) is 11.8. The Morgan fingerprint density at radius 1 is 1.16 bits per heavy atom. The van der Waals surface area contributed by atoms with E-state index in [1.807, 2.05) is 0 Å². The fourth-order valence-corrected chi connectivity index (χ4v) is 4.97. The Labute approximate surface area is 147 Å². The Kier molecular flexibility index (Phi) is 4.86. The monoisotopic (exact) mass is 365 g/mol. The molecule has 3 atom stereocenters. The van der Waals surface area contributed by atoms with E-state index in [-0.39, 0.29) is 23.6 Å². The number of carboxylic acids is 1. The van der Waals surface area contributed by atoms with Gasteiger partial charge < -0.3 is 10.0 Å². The van der Waals surface area contributed by atoms with E-state index in [0.29, 0.717) is 17.5 Å². The number of fused-ring (bicyclic) bond motifs is 1. The molecule has 2 aliphatic rings. The summed E-state index contributed by atoms with van der Waals surface area (Å²) in [5.41, 5.74) is 1.03. The number of carbonyl (C=O) groups excluding carboxylic acids is 1. The van der Waals surface area contributed by atoms with Crippen molar-refractivity contribution in [3.63, 3.8) is 0 Å². The molecule has 25 heavy (non-hydrogen) atoms. The third-order valence-electron chi connectivity index (χ3n) is 5.24. The van der Waals surface area contributed by atoms with Gasteiger partial charge in [-0.3, -0.25) is 4.79 Å². The van der Waals surface area contributed by atoms with E-state index in [4.69, 9.17) is 0 Å². The Balaban J connectivity index is 1.83. The van der Waals surface area contributed by atoms with Gasteiger partial charge in [-0.25, -0.2) is 13.2 Å². The van der Waals surface area contributed by atoms with Crippen LogP contribution in [0.15, 0.2) is 24.3 Å². The van der Waals surface area contributed by atoms with Crippen LogP contribution in [0, 0.1) is 5.92 Å².